The highest BCUT2D eigenvalue weighted by molar-refractivity contribution is 5.76. The molecule has 128 valence electrons. The lowest BCUT2D eigenvalue weighted by Crippen LogP contribution is -2.35. The van der Waals surface area contributed by atoms with E-state index in [0.29, 0.717) is 0 Å². The maximum atomic E-state index is 11.2. The molecule has 6 heteroatoms. The second kappa shape index (κ2) is 6.64. The molecule has 1 atom stereocenters. The third kappa shape index (κ3) is 3.53. The summed E-state index contributed by atoms with van der Waals surface area (Å²) in [5.41, 5.74) is 2.47. The van der Waals surface area contributed by atoms with Crippen LogP contribution in [0.25, 0.3) is 22.5 Å². The first-order valence-electron chi connectivity index (χ1n) is 8.48. The number of benzene rings is 1. The summed E-state index contributed by atoms with van der Waals surface area (Å²) >= 11 is 0. The Kier molecular flexibility index (Phi) is 4.19. The topological polar surface area (TPSA) is 71.3 Å². The predicted molar refractivity (Wildman–Crippen MR) is 94.7 cm³/mol. The summed E-state index contributed by atoms with van der Waals surface area (Å²) in [5, 5.41) is 2.98. The summed E-state index contributed by atoms with van der Waals surface area (Å²) in [5.74, 6) is 1.65. The lowest BCUT2D eigenvalue weighted by molar-refractivity contribution is -0.119. The first-order chi connectivity index (χ1) is 12.2. The minimum atomic E-state index is 0.0296. The second-order valence-electron chi connectivity index (χ2n) is 6.43. The quantitative estimate of drug-likeness (QED) is 0.793. The molecule has 1 N–H and O–H groups in total. The van der Waals surface area contributed by atoms with E-state index in [9.17, 15) is 4.79 Å². The van der Waals surface area contributed by atoms with Crippen LogP contribution in [0.3, 0.4) is 0 Å². The Morgan fingerprint density at radius 2 is 2.12 bits per heavy atom. The minimum Gasteiger partial charge on any atom is -0.458 e. The number of amides is 1. The SMILES string of the molecule is CC(=O)NC1CCN(Cc2ccc(-c3cnc4ccccc4n3)o2)C1. The maximum absolute atomic E-state index is 11.2. The molecular weight excluding hydrogens is 316 g/mol. The van der Waals surface area contributed by atoms with E-state index in [1.54, 1.807) is 13.1 Å². The summed E-state index contributed by atoms with van der Waals surface area (Å²) in [6.07, 6.45) is 2.72. The number of nitrogens with zero attached hydrogens (tertiary/aromatic N) is 3. The van der Waals surface area contributed by atoms with E-state index < -0.39 is 0 Å². The van der Waals surface area contributed by atoms with Gasteiger partial charge in [0.2, 0.25) is 5.91 Å². The van der Waals surface area contributed by atoms with Gasteiger partial charge in [0, 0.05) is 26.1 Å². The fourth-order valence-corrected chi connectivity index (χ4v) is 3.28. The number of para-hydroxylation sites is 2. The van der Waals surface area contributed by atoms with Gasteiger partial charge in [-0.15, -0.1) is 0 Å². The molecule has 1 saturated heterocycles. The number of nitrogens with one attached hydrogen (secondary N) is 1. The smallest absolute Gasteiger partial charge is 0.217 e. The van der Waals surface area contributed by atoms with Crippen LogP contribution in [0.1, 0.15) is 19.1 Å². The van der Waals surface area contributed by atoms with Crippen molar-refractivity contribution in [3.8, 4) is 11.5 Å². The Morgan fingerprint density at radius 1 is 1.28 bits per heavy atom. The standard InChI is InChI=1S/C19H20N4O2/c1-13(24)21-14-8-9-23(11-14)12-15-6-7-19(25-15)18-10-20-16-4-2-3-5-17(16)22-18/h2-7,10,14H,8-9,11-12H2,1H3,(H,21,24). The van der Waals surface area contributed by atoms with Crippen LogP contribution in [-0.4, -0.2) is 39.9 Å². The maximum Gasteiger partial charge on any atom is 0.217 e. The highest BCUT2D eigenvalue weighted by atomic mass is 16.3. The summed E-state index contributed by atoms with van der Waals surface area (Å²) in [6.45, 7) is 4.10. The highest BCUT2D eigenvalue weighted by Gasteiger charge is 2.23. The van der Waals surface area contributed by atoms with Gasteiger partial charge in [-0.2, -0.15) is 0 Å². The minimum absolute atomic E-state index is 0.0296. The molecule has 3 heterocycles. The van der Waals surface area contributed by atoms with Gasteiger partial charge in [0.1, 0.15) is 11.5 Å². The fraction of sp³-hybridized carbons (Fsp3) is 0.316. The van der Waals surface area contributed by atoms with Crippen molar-refractivity contribution in [1.29, 1.82) is 0 Å². The number of aromatic nitrogens is 2. The third-order valence-corrected chi connectivity index (χ3v) is 4.42. The Morgan fingerprint density at radius 3 is 2.96 bits per heavy atom. The zero-order chi connectivity index (χ0) is 17.2. The molecule has 0 saturated carbocycles. The number of furan rings is 1. The van der Waals surface area contributed by atoms with Crippen LogP contribution in [0.15, 0.2) is 47.0 Å². The van der Waals surface area contributed by atoms with Crippen molar-refractivity contribution >= 4 is 16.9 Å². The summed E-state index contributed by atoms with van der Waals surface area (Å²) in [6, 6.07) is 12.0. The number of hydrogen-bond acceptors (Lipinski definition) is 5. The van der Waals surface area contributed by atoms with E-state index in [1.807, 2.05) is 36.4 Å². The summed E-state index contributed by atoms with van der Waals surface area (Å²) in [7, 11) is 0. The molecule has 0 bridgehead atoms. The zero-order valence-electron chi connectivity index (χ0n) is 14.1. The zero-order valence-corrected chi connectivity index (χ0v) is 14.1. The van der Waals surface area contributed by atoms with Gasteiger partial charge in [0.15, 0.2) is 5.76 Å². The molecule has 4 rings (SSSR count). The van der Waals surface area contributed by atoms with Gasteiger partial charge in [-0.05, 0) is 30.7 Å². The average Bonchev–Trinajstić information content (AvgIpc) is 3.24. The van der Waals surface area contributed by atoms with Gasteiger partial charge in [-0.3, -0.25) is 14.7 Å². The van der Waals surface area contributed by atoms with E-state index in [1.165, 1.54) is 0 Å². The first-order valence-corrected chi connectivity index (χ1v) is 8.48. The van der Waals surface area contributed by atoms with E-state index in [0.717, 1.165) is 54.3 Å². The molecule has 1 aliphatic rings. The Bertz CT molecular complexity index is 905. The van der Waals surface area contributed by atoms with Crippen molar-refractivity contribution in [1.82, 2.24) is 20.2 Å². The van der Waals surface area contributed by atoms with Crippen molar-refractivity contribution in [2.75, 3.05) is 13.1 Å². The van der Waals surface area contributed by atoms with Crippen LogP contribution in [-0.2, 0) is 11.3 Å². The van der Waals surface area contributed by atoms with Gasteiger partial charge >= 0.3 is 0 Å². The monoisotopic (exact) mass is 336 g/mol. The van der Waals surface area contributed by atoms with E-state index in [4.69, 9.17) is 4.42 Å². The van der Waals surface area contributed by atoms with Gasteiger partial charge < -0.3 is 9.73 Å². The molecule has 3 aromatic rings. The number of carbonyl (C=O) groups excluding carboxylic acids is 1. The van der Waals surface area contributed by atoms with Gasteiger partial charge in [0.05, 0.1) is 23.8 Å². The molecule has 25 heavy (non-hydrogen) atoms. The van der Waals surface area contributed by atoms with Crippen LogP contribution in [0.5, 0.6) is 0 Å². The molecule has 0 aliphatic carbocycles. The molecular formula is C19H20N4O2. The van der Waals surface area contributed by atoms with Gasteiger partial charge in [0.25, 0.3) is 0 Å². The normalized spacial score (nSPS) is 17.9. The summed E-state index contributed by atoms with van der Waals surface area (Å²) < 4.78 is 5.97. The van der Waals surface area contributed by atoms with Crippen LogP contribution in [0, 0.1) is 0 Å². The van der Waals surface area contributed by atoms with E-state index in [-0.39, 0.29) is 11.9 Å². The molecule has 2 aromatic heterocycles. The van der Waals surface area contributed by atoms with Crippen LogP contribution >= 0.6 is 0 Å². The predicted octanol–water partition coefficient (Wildman–Crippen LogP) is 2.60. The molecule has 0 radical (unpaired) electrons. The van der Waals surface area contributed by atoms with Crippen molar-refractivity contribution in [2.24, 2.45) is 0 Å². The summed E-state index contributed by atoms with van der Waals surface area (Å²) in [4.78, 5) is 22.5. The Hall–Kier alpha value is -2.73. The van der Waals surface area contributed by atoms with Crippen molar-refractivity contribution < 1.29 is 9.21 Å². The number of carbonyl (C=O) groups is 1. The second-order valence-corrected chi connectivity index (χ2v) is 6.43. The first kappa shape index (κ1) is 15.8. The van der Waals surface area contributed by atoms with Crippen LogP contribution < -0.4 is 5.32 Å². The lowest BCUT2D eigenvalue weighted by Gasteiger charge is -2.14. The molecule has 0 spiro atoms. The lowest BCUT2D eigenvalue weighted by atomic mass is 10.2. The van der Waals surface area contributed by atoms with Crippen molar-refractivity contribution in [3.63, 3.8) is 0 Å². The Balaban J connectivity index is 1.45. The fourth-order valence-electron chi connectivity index (χ4n) is 3.28. The Labute approximate surface area is 145 Å². The number of hydrogen-bond donors (Lipinski definition) is 1. The van der Waals surface area contributed by atoms with E-state index in [2.05, 4.69) is 20.2 Å². The molecule has 1 aromatic carbocycles. The molecule has 6 nitrogen and oxygen atoms in total. The molecule has 1 unspecified atom stereocenters. The van der Waals surface area contributed by atoms with Crippen LogP contribution in [0.2, 0.25) is 0 Å². The molecule has 1 aliphatic heterocycles. The van der Waals surface area contributed by atoms with Crippen LogP contribution in [0.4, 0.5) is 0 Å². The highest BCUT2D eigenvalue weighted by Crippen LogP contribution is 2.23. The molecule has 1 amide bonds. The number of rotatable bonds is 4. The average molecular weight is 336 g/mol. The van der Waals surface area contributed by atoms with Gasteiger partial charge in [-0.25, -0.2) is 4.98 Å². The van der Waals surface area contributed by atoms with Crippen molar-refractivity contribution in [2.45, 2.75) is 25.9 Å². The number of fused-ring (bicyclic) bond motifs is 1. The van der Waals surface area contributed by atoms with E-state index >= 15 is 0 Å². The largest absolute Gasteiger partial charge is 0.458 e. The van der Waals surface area contributed by atoms with Gasteiger partial charge in [-0.1, -0.05) is 12.1 Å². The number of likely N-dealkylation sites (tertiary alicyclic amines) is 1. The molecule has 1 fully saturated rings. The van der Waals surface area contributed by atoms with Crippen molar-refractivity contribution in [3.05, 3.63) is 48.4 Å². The third-order valence-electron chi connectivity index (χ3n) is 4.42.